The molecule has 1 saturated heterocycles. The number of benzene rings is 3. The first-order chi connectivity index (χ1) is 15.6. The fraction of sp³-hybridized carbons (Fsp3) is 0.192. The zero-order chi connectivity index (χ0) is 22.3. The van der Waals surface area contributed by atoms with E-state index in [4.69, 9.17) is 9.47 Å². The molecule has 0 bridgehead atoms. The maximum atomic E-state index is 12.0. The second kappa shape index (κ2) is 9.80. The van der Waals surface area contributed by atoms with E-state index in [1.54, 1.807) is 23.1 Å². The molecule has 0 aliphatic carbocycles. The van der Waals surface area contributed by atoms with Gasteiger partial charge in [-0.15, -0.1) is 0 Å². The zero-order valence-corrected chi connectivity index (χ0v) is 17.5. The average Bonchev–Trinajstić information content (AvgIpc) is 3.28. The predicted octanol–water partition coefficient (Wildman–Crippen LogP) is 4.47. The lowest BCUT2D eigenvalue weighted by Gasteiger charge is -2.16. The molecular formula is C26H22N2O4. The molecule has 1 amide bonds. The monoisotopic (exact) mass is 426 g/mol. The van der Waals surface area contributed by atoms with Crippen LogP contribution in [0.2, 0.25) is 0 Å². The zero-order valence-electron chi connectivity index (χ0n) is 17.5. The number of esters is 1. The molecule has 0 saturated carbocycles. The topological polar surface area (TPSA) is 79.6 Å². The third-order valence-corrected chi connectivity index (χ3v) is 5.29. The van der Waals surface area contributed by atoms with Crippen LogP contribution in [0.25, 0.3) is 11.1 Å². The Labute approximate surface area is 186 Å². The van der Waals surface area contributed by atoms with Crippen molar-refractivity contribution in [3.05, 3.63) is 83.9 Å². The number of nitrogens with zero attached hydrogens (tertiary/aromatic N) is 2. The van der Waals surface area contributed by atoms with E-state index in [0.29, 0.717) is 17.7 Å². The molecule has 6 nitrogen and oxygen atoms in total. The molecule has 0 aromatic heterocycles. The van der Waals surface area contributed by atoms with Crippen molar-refractivity contribution in [3.63, 3.8) is 0 Å². The quantitative estimate of drug-likeness (QED) is 0.521. The van der Waals surface area contributed by atoms with Gasteiger partial charge < -0.3 is 14.4 Å². The molecule has 3 aromatic carbocycles. The highest BCUT2D eigenvalue weighted by Gasteiger charge is 2.21. The number of anilines is 1. The Morgan fingerprint density at radius 3 is 2.44 bits per heavy atom. The number of amides is 1. The van der Waals surface area contributed by atoms with Gasteiger partial charge in [-0.25, -0.2) is 4.79 Å². The lowest BCUT2D eigenvalue weighted by molar-refractivity contribution is -0.147. The minimum absolute atomic E-state index is 0.129. The van der Waals surface area contributed by atoms with Crippen LogP contribution in [0.15, 0.2) is 72.8 Å². The molecule has 32 heavy (non-hydrogen) atoms. The summed E-state index contributed by atoms with van der Waals surface area (Å²) in [5, 5.41) is 9.25. The normalized spacial score (nSPS) is 13.0. The lowest BCUT2D eigenvalue weighted by Crippen LogP contribution is -2.23. The van der Waals surface area contributed by atoms with Gasteiger partial charge in [-0.05, 0) is 53.4 Å². The summed E-state index contributed by atoms with van der Waals surface area (Å²) in [6.07, 6.45) is 1.46. The third-order valence-electron chi connectivity index (χ3n) is 5.29. The molecule has 1 aliphatic heterocycles. The summed E-state index contributed by atoms with van der Waals surface area (Å²) in [4.78, 5) is 25.6. The van der Waals surface area contributed by atoms with E-state index in [-0.39, 0.29) is 19.1 Å². The summed E-state index contributed by atoms with van der Waals surface area (Å²) < 4.78 is 10.8. The van der Waals surface area contributed by atoms with E-state index in [1.807, 2.05) is 54.6 Å². The molecule has 6 heteroatoms. The van der Waals surface area contributed by atoms with E-state index in [0.717, 1.165) is 35.3 Å². The molecule has 0 N–H and O–H groups in total. The van der Waals surface area contributed by atoms with Gasteiger partial charge in [-0.1, -0.05) is 42.5 Å². The highest BCUT2D eigenvalue weighted by Crippen LogP contribution is 2.25. The van der Waals surface area contributed by atoms with Crippen LogP contribution in [-0.2, 0) is 20.9 Å². The maximum Gasteiger partial charge on any atom is 0.344 e. The predicted molar refractivity (Wildman–Crippen MR) is 120 cm³/mol. The molecule has 0 spiro atoms. The van der Waals surface area contributed by atoms with Crippen LogP contribution in [0.3, 0.4) is 0 Å². The van der Waals surface area contributed by atoms with Crippen molar-refractivity contribution in [2.24, 2.45) is 0 Å². The van der Waals surface area contributed by atoms with Gasteiger partial charge in [0.1, 0.15) is 12.4 Å². The summed E-state index contributed by atoms with van der Waals surface area (Å²) in [6, 6.07) is 24.3. The van der Waals surface area contributed by atoms with Crippen LogP contribution in [0.4, 0.5) is 5.69 Å². The first-order valence-corrected chi connectivity index (χ1v) is 10.4. The third kappa shape index (κ3) is 4.96. The Balaban J connectivity index is 1.26. The van der Waals surface area contributed by atoms with Crippen molar-refractivity contribution in [2.45, 2.75) is 19.4 Å². The summed E-state index contributed by atoms with van der Waals surface area (Å²) in [7, 11) is 0. The summed E-state index contributed by atoms with van der Waals surface area (Å²) in [5.41, 5.74) is 4.09. The van der Waals surface area contributed by atoms with E-state index >= 15 is 0 Å². The fourth-order valence-electron chi connectivity index (χ4n) is 3.60. The van der Waals surface area contributed by atoms with Crippen LogP contribution in [0.5, 0.6) is 5.75 Å². The van der Waals surface area contributed by atoms with Crippen LogP contribution in [-0.4, -0.2) is 25.0 Å². The fourth-order valence-corrected chi connectivity index (χ4v) is 3.60. The molecule has 3 aromatic rings. The van der Waals surface area contributed by atoms with Gasteiger partial charge in [0.05, 0.1) is 11.6 Å². The Hall–Kier alpha value is -4.11. The largest absolute Gasteiger partial charge is 0.482 e. The Morgan fingerprint density at radius 2 is 1.75 bits per heavy atom. The van der Waals surface area contributed by atoms with E-state index < -0.39 is 5.97 Å². The summed E-state index contributed by atoms with van der Waals surface area (Å²) in [6.45, 7) is 0.672. The molecule has 1 fully saturated rings. The van der Waals surface area contributed by atoms with Crippen molar-refractivity contribution < 1.29 is 19.1 Å². The Morgan fingerprint density at radius 1 is 1.00 bits per heavy atom. The van der Waals surface area contributed by atoms with Crippen LogP contribution >= 0.6 is 0 Å². The molecule has 0 unspecified atom stereocenters. The van der Waals surface area contributed by atoms with Gasteiger partial charge in [0, 0.05) is 18.7 Å². The first kappa shape index (κ1) is 21.1. The first-order valence-electron chi connectivity index (χ1n) is 10.4. The molecular weight excluding hydrogens is 404 g/mol. The molecule has 1 heterocycles. The van der Waals surface area contributed by atoms with Gasteiger partial charge in [-0.2, -0.15) is 5.26 Å². The van der Waals surface area contributed by atoms with Crippen molar-refractivity contribution >= 4 is 17.6 Å². The Bertz CT molecular complexity index is 1150. The van der Waals surface area contributed by atoms with Crippen LogP contribution < -0.4 is 9.64 Å². The number of carbonyl (C=O) groups excluding carboxylic acids is 2. The summed E-state index contributed by atoms with van der Waals surface area (Å²) >= 11 is 0. The standard InChI is InChI=1S/C26H22N2O4/c27-16-21-4-1-2-5-24(21)20-9-7-19(8-10-20)17-32-26(30)18-31-23-13-11-22(12-14-23)28-15-3-6-25(28)29/h1-2,4-5,7-14H,3,6,15,17-18H2. The van der Waals surface area contributed by atoms with E-state index in [2.05, 4.69) is 6.07 Å². The number of nitriles is 1. The maximum absolute atomic E-state index is 12.0. The smallest absolute Gasteiger partial charge is 0.344 e. The Kier molecular flexibility index (Phi) is 6.47. The molecule has 0 radical (unpaired) electrons. The highest BCUT2D eigenvalue weighted by molar-refractivity contribution is 5.95. The lowest BCUT2D eigenvalue weighted by atomic mass is 9.99. The van der Waals surface area contributed by atoms with Gasteiger partial charge >= 0.3 is 5.97 Å². The van der Waals surface area contributed by atoms with E-state index in [1.165, 1.54) is 0 Å². The number of hydrogen-bond acceptors (Lipinski definition) is 5. The van der Waals surface area contributed by atoms with Gasteiger partial charge in [-0.3, -0.25) is 4.79 Å². The number of ether oxygens (including phenoxy) is 2. The van der Waals surface area contributed by atoms with Crippen molar-refractivity contribution in [1.82, 2.24) is 0 Å². The average molecular weight is 426 g/mol. The molecule has 1 aliphatic rings. The van der Waals surface area contributed by atoms with Crippen LogP contribution in [0, 0.1) is 11.3 Å². The van der Waals surface area contributed by atoms with Crippen molar-refractivity contribution in [1.29, 1.82) is 5.26 Å². The second-order valence-electron chi connectivity index (χ2n) is 7.45. The minimum atomic E-state index is -0.470. The van der Waals surface area contributed by atoms with Crippen molar-refractivity contribution in [2.75, 3.05) is 18.1 Å². The molecule has 160 valence electrons. The van der Waals surface area contributed by atoms with E-state index in [9.17, 15) is 14.9 Å². The van der Waals surface area contributed by atoms with Gasteiger partial charge in [0.15, 0.2) is 6.61 Å². The van der Waals surface area contributed by atoms with Gasteiger partial charge in [0.25, 0.3) is 0 Å². The number of hydrogen-bond donors (Lipinski definition) is 0. The second-order valence-corrected chi connectivity index (χ2v) is 7.45. The number of rotatable bonds is 7. The minimum Gasteiger partial charge on any atom is -0.482 e. The van der Waals surface area contributed by atoms with Gasteiger partial charge in [0.2, 0.25) is 5.91 Å². The number of carbonyl (C=O) groups is 2. The SMILES string of the molecule is N#Cc1ccccc1-c1ccc(COC(=O)COc2ccc(N3CCCC3=O)cc2)cc1. The molecule has 0 atom stereocenters. The highest BCUT2D eigenvalue weighted by atomic mass is 16.6. The van der Waals surface area contributed by atoms with Crippen LogP contribution in [0.1, 0.15) is 24.0 Å². The summed E-state index contributed by atoms with van der Waals surface area (Å²) in [5.74, 6) is 0.199. The van der Waals surface area contributed by atoms with Crippen molar-refractivity contribution in [3.8, 4) is 22.9 Å². The molecule has 4 rings (SSSR count).